The number of H-pyrrole nitrogens is 1. The molecule has 0 aromatic carbocycles. The number of amides is 1. The minimum atomic E-state index is 0.186. The Hall–Kier alpha value is -2.15. The summed E-state index contributed by atoms with van der Waals surface area (Å²) in [6.07, 6.45) is 4.71. The molecule has 7 nitrogen and oxygen atoms in total. The number of carbonyl (C=O) groups is 1. The quantitative estimate of drug-likeness (QED) is 0.912. The van der Waals surface area contributed by atoms with Crippen LogP contribution in [0.25, 0.3) is 11.0 Å². The number of likely N-dealkylation sites (N-methyl/N-ethyl adjacent to an activating group) is 2. The minimum absolute atomic E-state index is 0.186. The van der Waals surface area contributed by atoms with E-state index in [4.69, 9.17) is 0 Å². The third-order valence-electron chi connectivity index (χ3n) is 4.82. The van der Waals surface area contributed by atoms with Gasteiger partial charge in [0.05, 0.1) is 12.6 Å². The molecule has 3 heterocycles. The van der Waals surface area contributed by atoms with Crippen LogP contribution in [-0.2, 0) is 4.79 Å². The lowest BCUT2D eigenvalue weighted by molar-refractivity contribution is -0.133. The molecular weight excluding hydrogens is 304 g/mol. The van der Waals surface area contributed by atoms with Crippen LogP contribution < -0.4 is 4.90 Å². The van der Waals surface area contributed by atoms with Crippen LogP contribution in [-0.4, -0.2) is 77.5 Å². The van der Waals surface area contributed by atoms with Crippen molar-refractivity contribution < 1.29 is 4.79 Å². The molecule has 2 atom stereocenters. The Bertz CT molecular complexity index is 712. The van der Waals surface area contributed by atoms with Gasteiger partial charge in [-0.15, -0.1) is 0 Å². The van der Waals surface area contributed by atoms with Crippen LogP contribution in [0.4, 0.5) is 5.95 Å². The number of anilines is 1. The van der Waals surface area contributed by atoms with Gasteiger partial charge in [-0.05, 0) is 32.5 Å². The summed E-state index contributed by atoms with van der Waals surface area (Å²) in [5.74, 6) is 1.37. The van der Waals surface area contributed by atoms with E-state index >= 15 is 0 Å². The number of hydrogen-bond acceptors (Lipinski definition) is 5. The summed E-state index contributed by atoms with van der Waals surface area (Å²) in [4.78, 5) is 30.6. The highest BCUT2D eigenvalue weighted by Gasteiger charge is 2.32. The van der Waals surface area contributed by atoms with Gasteiger partial charge in [0.15, 0.2) is 0 Å². The molecule has 1 aliphatic heterocycles. The average molecular weight is 330 g/mol. The maximum atomic E-state index is 12.4. The molecule has 1 aliphatic rings. The SMILES string of the molecule is C[C@@H]1CCN(C(=O)CN(C)C)C[C@@H]1N(C)c1ncc2cc[nH]c2n1. The Labute approximate surface area is 142 Å². The summed E-state index contributed by atoms with van der Waals surface area (Å²) in [6, 6.07) is 2.18. The van der Waals surface area contributed by atoms with Crippen LogP contribution in [0.5, 0.6) is 0 Å². The lowest BCUT2D eigenvalue weighted by atomic mass is 9.92. The first-order chi connectivity index (χ1) is 11.5. The summed E-state index contributed by atoms with van der Waals surface area (Å²) in [5, 5.41) is 1.01. The molecule has 0 saturated carbocycles. The second kappa shape index (κ2) is 6.76. The van der Waals surface area contributed by atoms with Gasteiger partial charge >= 0.3 is 0 Å². The number of hydrogen-bond donors (Lipinski definition) is 1. The van der Waals surface area contributed by atoms with E-state index in [2.05, 4.69) is 26.8 Å². The molecule has 2 aromatic heterocycles. The van der Waals surface area contributed by atoms with Gasteiger partial charge in [-0.25, -0.2) is 4.98 Å². The average Bonchev–Trinajstić information content (AvgIpc) is 3.01. The standard InChI is InChI=1S/C17H26N6O/c1-12-6-8-23(15(24)11-21(2)3)10-14(12)22(4)17-19-9-13-5-7-18-16(13)20-17/h5,7,9,12,14H,6,8,10-11H2,1-4H3,(H,18,19,20)/t12-,14+/m1/s1. The summed E-state index contributed by atoms with van der Waals surface area (Å²) in [6.45, 7) is 4.24. The first-order valence-electron chi connectivity index (χ1n) is 8.41. The van der Waals surface area contributed by atoms with Crippen molar-refractivity contribution in [1.29, 1.82) is 0 Å². The number of carbonyl (C=O) groups excluding carboxylic acids is 1. The fourth-order valence-electron chi connectivity index (χ4n) is 3.30. The van der Waals surface area contributed by atoms with Crippen LogP contribution in [0.1, 0.15) is 13.3 Å². The van der Waals surface area contributed by atoms with Crippen molar-refractivity contribution in [2.45, 2.75) is 19.4 Å². The van der Waals surface area contributed by atoms with Crippen LogP contribution in [0, 0.1) is 5.92 Å². The van der Waals surface area contributed by atoms with E-state index in [9.17, 15) is 4.79 Å². The lowest BCUT2D eigenvalue weighted by Crippen LogP contribution is -2.54. The molecule has 7 heteroatoms. The number of nitrogens with one attached hydrogen (secondary N) is 1. The molecule has 0 unspecified atom stereocenters. The van der Waals surface area contributed by atoms with Crippen LogP contribution in [0.3, 0.4) is 0 Å². The maximum Gasteiger partial charge on any atom is 0.236 e. The number of rotatable bonds is 4. The minimum Gasteiger partial charge on any atom is -0.346 e. The molecule has 1 amide bonds. The van der Waals surface area contributed by atoms with Crippen molar-refractivity contribution in [2.24, 2.45) is 5.92 Å². The fraction of sp³-hybridized carbons (Fsp3) is 0.588. The highest BCUT2D eigenvalue weighted by Crippen LogP contribution is 2.24. The number of aromatic amines is 1. The van der Waals surface area contributed by atoms with Crippen LogP contribution >= 0.6 is 0 Å². The van der Waals surface area contributed by atoms with Gasteiger partial charge in [0.1, 0.15) is 5.65 Å². The molecule has 24 heavy (non-hydrogen) atoms. The molecule has 0 aliphatic carbocycles. The van der Waals surface area contributed by atoms with Gasteiger partial charge in [0, 0.05) is 37.9 Å². The van der Waals surface area contributed by atoms with Crippen molar-refractivity contribution in [1.82, 2.24) is 24.8 Å². The number of piperidine rings is 1. The maximum absolute atomic E-state index is 12.4. The van der Waals surface area contributed by atoms with E-state index in [1.165, 1.54) is 0 Å². The van der Waals surface area contributed by atoms with Crippen molar-refractivity contribution >= 4 is 22.9 Å². The van der Waals surface area contributed by atoms with Gasteiger partial charge in [0.25, 0.3) is 0 Å². The highest BCUT2D eigenvalue weighted by atomic mass is 16.2. The van der Waals surface area contributed by atoms with Crippen molar-refractivity contribution in [2.75, 3.05) is 45.7 Å². The lowest BCUT2D eigenvalue weighted by Gasteiger charge is -2.41. The molecule has 1 fully saturated rings. The summed E-state index contributed by atoms with van der Waals surface area (Å²) in [5.41, 5.74) is 0.843. The monoisotopic (exact) mass is 330 g/mol. The second-order valence-corrected chi connectivity index (χ2v) is 6.97. The molecule has 0 radical (unpaired) electrons. The summed E-state index contributed by atoms with van der Waals surface area (Å²) >= 11 is 0. The smallest absolute Gasteiger partial charge is 0.236 e. The van der Waals surface area contributed by atoms with Gasteiger partial charge < -0.3 is 19.7 Å². The Morgan fingerprint density at radius 1 is 1.42 bits per heavy atom. The van der Waals surface area contributed by atoms with Crippen LogP contribution in [0.2, 0.25) is 0 Å². The van der Waals surface area contributed by atoms with Crippen molar-refractivity contribution in [3.8, 4) is 0 Å². The normalized spacial score (nSPS) is 21.5. The van der Waals surface area contributed by atoms with E-state index in [1.54, 1.807) is 0 Å². The molecule has 1 N–H and O–H groups in total. The molecule has 1 saturated heterocycles. The molecule has 3 rings (SSSR count). The fourth-order valence-corrected chi connectivity index (χ4v) is 3.30. The van der Waals surface area contributed by atoms with E-state index in [1.807, 2.05) is 49.4 Å². The summed E-state index contributed by atoms with van der Waals surface area (Å²) in [7, 11) is 5.87. The number of nitrogens with zero attached hydrogens (tertiary/aromatic N) is 5. The Kier molecular flexibility index (Phi) is 4.71. The van der Waals surface area contributed by atoms with E-state index in [0.29, 0.717) is 18.4 Å². The zero-order valence-electron chi connectivity index (χ0n) is 14.9. The molecular formula is C17H26N6O. The van der Waals surface area contributed by atoms with E-state index in [-0.39, 0.29) is 11.9 Å². The first-order valence-corrected chi connectivity index (χ1v) is 8.41. The molecule has 0 spiro atoms. The van der Waals surface area contributed by atoms with E-state index < -0.39 is 0 Å². The molecule has 0 bridgehead atoms. The largest absolute Gasteiger partial charge is 0.346 e. The van der Waals surface area contributed by atoms with Gasteiger partial charge in [-0.2, -0.15) is 4.98 Å². The zero-order valence-corrected chi connectivity index (χ0v) is 14.9. The van der Waals surface area contributed by atoms with Crippen LogP contribution in [0.15, 0.2) is 18.5 Å². The van der Waals surface area contributed by atoms with Crippen molar-refractivity contribution in [3.05, 3.63) is 18.5 Å². The number of likely N-dealkylation sites (tertiary alicyclic amines) is 1. The predicted molar refractivity (Wildman–Crippen MR) is 95.0 cm³/mol. The van der Waals surface area contributed by atoms with Gasteiger partial charge in [0.2, 0.25) is 11.9 Å². The molecule has 2 aromatic rings. The van der Waals surface area contributed by atoms with E-state index in [0.717, 1.165) is 30.5 Å². The predicted octanol–water partition coefficient (Wildman–Crippen LogP) is 1.19. The zero-order chi connectivity index (χ0) is 17.3. The molecule has 130 valence electrons. The number of aromatic nitrogens is 3. The van der Waals surface area contributed by atoms with Crippen molar-refractivity contribution in [3.63, 3.8) is 0 Å². The third-order valence-corrected chi connectivity index (χ3v) is 4.82. The van der Waals surface area contributed by atoms with Gasteiger partial charge in [-0.3, -0.25) is 4.79 Å². The summed E-state index contributed by atoms with van der Waals surface area (Å²) < 4.78 is 0. The Morgan fingerprint density at radius 3 is 2.96 bits per heavy atom. The highest BCUT2D eigenvalue weighted by molar-refractivity contribution is 5.78. The topological polar surface area (TPSA) is 68.4 Å². The number of fused-ring (bicyclic) bond motifs is 1. The third kappa shape index (κ3) is 3.36. The first kappa shape index (κ1) is 16.7. The Morgan fingerprint density at radius 2 is 2.21 bits per heavy atom. The second-order valence-electron chi connectivity index (χ2n) is 6.97. The van der Waals surface area contributed by atoms with Gasteiger partial charge in [-0.1, -0.05) is 6.92 Å². The Balaban J connectivity index is 1.76.